The predicted molar refractivity (Wildman–Crippen MR) is 76.7 cm³/mol. The van der Waals surface area contributed by atoms with Gasteiger partial charge in [0.15, 0.2) is 9.84 Å². The van der Waals surface area contributed by atoms with Gasteiger partial charge in [-0.2, -0.15) is 0 Å². The molecule has 1 amide bonds. The van der Waals surface area contributed by atoms with Crippen molar-refractivity contribution in [3.8, 4) is 0 Å². The molecule has 1 N–H and O–H groups in total. The summed E-state index contributed by atoms with van der Waals surface area (Å²) in [4.78, 5) is 15.6. The van der Waals surface area contributed by atoms with Crippen molar-refractivity contribution in [1.82, 2.24) is 4.98 Å². The number of hydrogen-bond acceptors (Lipinski definition) is 4. The normalized spacial score (nSPS) is 11.2. The molecular weight excluding hydrogens is 319 g/mol. The van der Waals surface area contributed by atoms with Gasteiger partial charge in [-0.1, -0.05) is 11.6 Å². The van der Waals surface area contributed by atoms with E-state index in [1.165, 1.54) is 18.5 Å². The maximum atomic E-state index is 13.7. The molecule has 0 aliphatic heterocycles. The van der Waals surface area contributed by atoms with E-state index in [9.17, 15) is 17.6 Å². The van der Waals surface area contributed by atoms with Crippen LogP contribution in [-0.4, -0.2) is 25.6 Å². The third kappa shape index (κ3) is 3.56. The average molecular weight is 329 g/mol. The van der Waals surface area contributed by atoms with Gasteiger partial charge in [0, 0.05) is 18.6 Å². The number of aromatic nitrogens is 1. The lowest BCUT2D eigenvalue weighted by Gasteiger charge is -2.08. The van der Waals surface area contributed by atoms with E-state index < -0.39 is 21.6 Å². The molecule has 8 heteroatoms. The second-order valence-corrected chi connectivity index (χ2v) is 6.65. The standard InChI is InChI=1S/C13H10ClFN2O3S/c1-21(19,20)8-2-3-11(15)12(6-8)17-13(18)9-7-16-5-4-10(9)14/h2-7H,1H3,(H,17,18). The van der Waals surface area contributed by atoms with Crippen LogP contribution in [0.3, 0.4) is 0 Å². The van der Waals surface area contributed by atoms with Crippen molar-refractivity contribution in [2.45, 2.75) is 4.90 Å². The van der Waals surface area contributed by atoms with Crippen LogP contribution in [0.15, 0.2) is 41.6 Å². The number of rotatable bonds is 3. The van der Waals surface area contributed by atoms with Gasteiger partial charge in [-0.05, 0) is 24.3 Å². The molecular formula is C13H10ClFN2O3S. The Morgan fingerprint density at radius 2 is 2.05 bits per heavy atom. The first-order valence-electron chi connectivity index (χ1n) is 5.69. The highest BCUT2D eigenvalue weighted by Crippen LogP contribution is 2.21. The SMILES string of the molecule is CS(=O)(=O)c1ccc(F)c(NC(=O)c2cnccc2Cl)c1. The van der Waals surface area contributed by atoms with E-state index in [0.717, 1.165) is 24.5 Å². The molecule has 0 fully saturated rings. The van der Waals surface area contributed by atoms with Gasteiger partial charge in [0.05, 0.1) is 21.2 Å². The number of amides is 1. The largest absolute Gasteiger partial charge is 0.319 e. The van der Waals surface area contributed by atoms with Crippen LogP contribution in [0.2, 0.25) is 5.02 Å². The third-order valence-corrected chi connectivity index (χ3v) is 4.07. The van der Waals surface area contributed by atoms with Gasteiger partial charge in [-0.25, -0.2) is 12.8 Å². The van der Waals surface area contributed by atoms with Crippen molar-refractivity contribution < 1.29 is 17.6 Å². The Morgan fingerprint density at radius 3 is 2.67 bits per heavy atom. The first-order valence-corrected chi connectivity index (χ1v) is 7.96. The number of nitrogens with one attached hydrogen (secondary N) is 1. The number of hydrogen-bond donors (Lipinski definition) is 1. The molecule has 1 aromatic carbocycles. The Hall–Kier alpha value is -1.99. The maximum absolute atomic E-state index is 13.7. The highest BCUT2D eigenvalue weighted by atomic mass is 35.5. The molecule has 21 heavy (non-hydrogen) atoms. The lowest BCUT2D eigenvalue weighted by Crippen LogP contribution is -2.14. The topological polar surface area (TPSA) is 76.1 Å². The fourth-order valence-corrected chi connectivity index (χ4v) is 2.40. The first kappa shape index (κ1) is 15.4. The van der Waals surface area contributed by atoms with Crippen molar-refractivity contribution in [3.63, 3.8) is 0 Å². The summed E-state index contributed by atoms with van der Waals surface area (Å²) in [6, 6.07) is 4.56. The van der Waals surface area contributed by atoms with E-state index in [1.807, 2.05) is 0 Å². The molecule has 1 aromatic heterocycles. The zero-order valence-electron chi connectivity index (χ0n) is 10.8. The minimum atomic E-state index is -3.51. The van der Waals surface area contributed by atoms with Gasteiger partial charge in [-0.3, -0.25) is 9.78 Å². The van der Waals surface area contributed by atoms with Crippen molar-refractivity contribution in [2.75, 3.05) is 11.6 Å². The molecule has 0 bridgehead atoms. The van der Waals surface area contributed by atoms with Crippen LogP contribution in [0.25, 0.3) is 0 Å². The Morgan fingerprint density at radius 1 is 1.33 bits per heavy atom. The van der Waals surface area contributed by atoms with E-state index in [1.54, 1.807) is 0 Å². The Labute approximate surface area is 125 Å². The van der Waals surface area contributed by atoms with Crippen LogP contribution in [-0.2, 0) is 9.84 Å². The highest BCUT2D eigenvalue weighted by molar-refractivity contribution is 7.90. The molecule has 2 aromatic rings. The van der Waals surface area contributed by atoms with Gasteiger partial charge in [0.1, 0.15) is 5.82 Å². The molecule has 5 nitrogen and oxygen atoms in total. The second-order valence-electron chi connectivity index (χ2n) is 4.22. The molecule has 2 rings (SSSR count). The van der Waals surface area contributed by atoms with Gasteiger partial charge in [0.25, 0.3) is 5.91 Å². The fourth-order valence-electron chi connectivity index (χ4n) is 1.57. The van der Waals surface area contributed by atoms with Crippen LogP contribution < -0.4 is 5.32 Å². The summed E-state index contributed by atoms with van der Waals surface area (Å²) >= 11 is 5.84. The molecule has 110 valence electrons. The zero-order chi connectivity index (χ0) is 15.6. The fraction of sp³-hybridized carbons (Fsp3) is 0.0769. The zero-order valence-corrected chi connectivity index (χ0v) is 12.4. The third-order valence-electron chi connectivity index (χ3n) is 2.63. The number of pyridine rings is 1. The molecule has 1 heterocycles. The molecule has 0 aliphatic rings. The van der Waals surface area contributed by atoms with Crippen LogP contribution in [0, 0.1) is 5.82 Å². The van der Waals surface area contributed by atoms with E-state index in [-0.39, 0.29) is 21.2 Å². The smallest absolute Gasteiger partial charge is 0.258 e. The summed E-state index contributed by atoms with van der Waals surface area (Å²) in [6.45, 7) is 0. The van der Waals surface area contributed by atoms with Crippen molar-refractivity contribution in [2.24, 2.45) is 0 Å². The van der Waals surface area contributed by atoms with Gasteiger partial charge in [-0.15, -0.1) is 0 Å². The van der Waals surface area contributed by atoms with Crippen molar-refractivity contribution >= 4 is 33.0 Å². The van der Waals surface area contributed by atoms with Crippen LogP contribution in [0.4, 0.5) is 10.1 Å². The number of carbonyl (C=O) groups is 1. The lowest BCUT2D eigenvalue weighted by atomic mass is 10.2. The Bertz CT molecular complexity index is 809. The summed E-state index contributed by atoms with van der Waals surface area (Å²) in [6.07, 6.45) is 3.63. The second kappa shape index (κ2) is 5.79. The summed E-state index contributed by atoms with van der Waals surface area (Å²) in [5.74, 6) is -1.44. The minimum Gasteiger partial charge on any atom is -0.319 e. The van der Waals surface area contributed by atoms with Gasteiger partial charge < -0.3 is 5.32 Å². The quantitative estimate of drug-likeness (QED) is 0.878. The van der Waals surface area contributed by atoms with Crippen LogP contribution in [0.1, 0.15) is 10.4 Å². The monoisotopic (exact) mass is 328 g/mol. The van der Waals surface area contributed by atoms with Gasteiger partial charge >= 0.3 is 0 Å². The summed E-state index contributed by atoms with van der Waals surface area (Å²) in [5, 5.41) is 2.43. The summed E-state index contributed by atoms with van der Waals surface area (Å²) < 4.78 is 36.6. The summed E-state index contributed by atoms with van der Waals surface area (Å²) in [5.41, 5.74) is -0.189. The molecule has 0 spiro atoms. The van der Waals surface area contributed by atoms with E-state index in [2.05, 4.69) is 10.3 Å². The van der Waals surface area contributed by atoms with E-state index >= 15 is 0 Å². The Balaban J connectivity index is 2.36. The number of nitrogens with zero attached hydrogens (tertiary/aromatic N) is 1. The molecule has 0 radical (unpaired) electrons. The maximum Gasteiger partial charge on any atom is 0.258 e. The average Bonchev–Trinajstić information content (AvgIpc) is 2.40. The minimum absolute atomic E-state index is 0.0586. The van der Waals surface area contributed by atoms with Crippen LogP contribution in [0.5, 0.6) is 0 Å². The first-order chi connectivity index (χ1) is 9.79. The molecule has 0 saturated heterocycles. The highest BCUT2D eigenvalue weighted by Gasteiger charge is 2.15. The van der Waals surface area contributed by atoms with E-state index in [4.69, 9.17) is 11.6 Å². The number of carbonyl (C=O) groups excluding carboxylic acids is 1. The van der Waals surface area contributed by atoms with Crippen LogP contribution >= 0.6 is 11.6 Å². The molecule has 0 atom stereocenters. The van der Waals surface area contributed by atoms with Gasteiger partial charge in [0.2, 0.25) is 0 Å². The lowest BCUT2D eigenvalue weighted by molar-refractivity contribution is 0.102. The molecule has 0 saturated carbocycles. The number of halogens is 2. The predicted octanol–water partition coefficient (Wildman–Crippen LogP) is 2.53. The van der Waals surface area contributed by atoms with Crippen molar-refractivity contribution in [1.29, 1.82) is 0 Å². The Kier molecular flexibility index (Phi) is 4.24. The van der Waals surface area contributed by atoms with E-state index in [0.29, 0.717) is 0 Å². The van der Waals surface area contributed by atoms with Crippen molar-refractivity contribution in [3.05, 3.63) is 53.1 Å². The number of sulfone groups is 1. The number of benzene rings is 1. The summed E-state index contributed by atoms with van der Waals surface area (Å²) in [7, 11) is -3.51. The molecule has 0 unspecified atom stereocenters. The number of anilines is 1. The molecule has 0 aliphatic carbocycles.